The van der Waals surface area contributed by atoms with Crippen LogP contribution in [0, 0.1) is 0 Å². The standard InChI is InChI=1S/C16H17NO4/c1-17(14(10-18)16(20)21-2)15(19)13-9-5-7-11-6-3-4-8-12(11)13/h3-9,14,18H,10H2,1-2H3. The number of fused-ring (bicyclic) bond motifs is 1. The minimum absolute atomic E-state index is 0.337. The van der Waals surface area contributed by atoms with Gasteiger partial charge in [-0.05, 0) is 16.8 Å². The minimum atomic E-state index is -1.01. The van der Waals surface area contributed by atoms with Crippen LogP contribution in [0.4, 0.5) is 0 Å². The largest absolute Gasteiger partial charge is 0.467 e. The number of rotatable bonds is 4. The molecule has 5 nitrogen and oxygen atoms in total. The Morgan fingerprint density at radius 2 is 1.86 bits per heavy atom. The van der Waals surface area contributed by atoms with Crippen molar-refractivity contribution in [2.45, 2.75) is 6.04 Å². The number of aliphatic hydroxyl groups is 1. The maximum atomic E-state index is 12.6. The third-order valence-electron chi connectivity index (χ3n) is 3.45. The second-order valence-electron chi connectivity index (χ2n) is 4.66. The number of esters is 1. The predicted molar refractivity (Wildman–Crippen MR) is 78.9 cm³/mol. The normalized spacial score (nSPS) is 12.0. The van der Waals surface area contributed by atoms with Gasteiger partial charge in [-0.25, -0.2) is 4.79 Å². The maximum absolute atomic E-state index is 12.6. The van der Waals surface area contributed by atoms with Crippen LogP contribution >= 0.6 is 0 Å². The van der Waals surface area contributed by atoms with Crippen LogP contribution in [-0.4, -0.2) is 48.7 Å². The molecular formula is C16H17NO4. The molecule has 0 aromatic heterocycles. The summed E-state index contributed by atoms with van der Waals surface area (Å²) in [5, 5.41) is 11.1. The molecule has 0 bridgehead atoms. The predicted octanol–water partition coefficient (Wildman–Crippen LogP) is 1.45. The van der Waals surface area contributed by atoms with Crippen LogP contribution < -0.4 is 0 Å². The number of carbonyl (C=O) groups excluding carboxylic acids is 2. The van der Waals surface area contributed by atoms with Gasteiger partial charge in [-0.3, -0.25) is 4.79 Å². The molecule has 2 aromatic carbocycles. The van der Waals surface area contributed by atoms with Crippen LogP contribution in [0.2, 0.25) is 0 Å². The van der Waals surface area contributed by atoms with E-state index in [4.69, 9.17) is 0 Å². The molecule has 2 rings (SSSR count). The number of likely N-dealkylation sites (N-methyl/N-ethyl adjacent to an activating group) is 1. The number of aliphatic hydroxyl groups excluding tert-OH is 1. The molecule has 0 aliphatic rings. The van der Waals surface area contributed by atoms with Gasteiger partial charge in [0.05, 0.1) is 13.7 Å². The van der Waals surface area contributed by atoms with E-state index in [-0.39, 0.29) is 5.91 Å². The lowest BCUT2D eigenvalue weighted by Crippen LogP contribution is -2.45. The molecule has 0 spiro atoms. The Bertz CT molecular complexity index is 663. The summed E-state index contributed by atoms with van der Waals surface area (Å²) in [6.07, 6.45) is 0. The summed E-state index contributed by atoms with van der Waals surface area (Å²) in [5.74, 6) is -0.982. The van der Waals surface area contributed by atoms with E-state index in [2.05, 4.69) is 4.74 Å². The van der Waals surface area contributed by atoms with Crippen molar-refractivity contribution in [1.82, 2.24) is 4.90 Å². The molecule has 1 amide bonds. The molecule has 1 unspecified atom stereocenters. The number of amides is 1. The zero-order valence-corrected chi connectivity index (χ0v) is 11.9. The Morgan fingerprint density at radius 1 is 1.19 bits per heavy atom. The zero-order chi connectivity index (χ0) is 15.4. The van der Waals surface area contributed by atoms with Crippen molar-refractivity contribution in [2.75, 3.05) is 20.8 Å². The summed E-state index contributed by atoms with van der Waals surface area (Å²) in [5.41, 5.74) is 0.484. The van der Waals surface area contributed by atoms with Gasteiger partial charge in [0.25, 0.3) is 5.91 Å². The van der Waals surface area contributed by atoms with E-state index in [1.807, 2.05) is 30.3 Å². The molecule has 110 valence electrons. The van der Waals surface area contributed by atoms with Gasteiger partial charge in [0.15, 0.2) is 6.04 Å². The first kappa shape index (κ1) is 15.0. The van der Waals surface area contributed by atoms with Gasteiger partial charge >= 0.3 is 5.97 Å². The highest BCUT2D eigenvalue weighted by Crippen LogP contribution is 2.20. The van der Waals surface area contributed by atoms with Crippen molar-refractivity contribution in [3.8, 4) is 0 Å². The van der Waals surface area contributed by atoms with Crippen molar-refractivity contribution < 1.29 is 19.4 Å². The molecule has 0 aliphatic heterocycles. The molecule has 2 aromatic rings. The van der Waals surface area contributed by atoms with E-state index >= 15 is 0 Å². The van der Waals surface area contributed by atoms with Crippen LogP contribution in [0.5, 0.6) is 0 Å². The fraction of sp³-hybridized carbons (Fsp3) is 0.250. The van der Waals surface area contributed by atoms with E-state index in [0.717, 1.165) is 10.8 Å². The molecule has 5 heteroatoms. The molecule has 1 atom stereocenters. The Labute approximate surface area is 122 Å². The van der Waals surface area contributed by atoms with Crippen molar-refractivity contribution in [1.29, 1.82) is 0 Å². The van der Waals surface area contributed by atoms with Gasteiger partial charge in [-0.2, -0.15) is 0 Å². The van der Waals surface area contributed by atoms with Gasteiger partial charge in [0.2, 0.25) is 0 Å². The molecular weight excluding hydrogens is 270 g/mol. The van der Waals surface area contributed by atoms with Gasteiger partial charge in [0.1, 0.15) is 0 Å². The van der Waals surface area contributed by atoms with Crippen LogP contribution in [-0.2, 0) is 9.53 Å². The smallest absolute Gasteiger partial charge is 0.330 e. The van der Waals surface area contributed by atoms with Crippen molar-refractivity contribution >= 4 is 22.6 Å². The lowest BCUT2D eigenvalue weighted by atomic mass is 10.0. The Kier molecular flexibility index (Phi) is 4.55. The van der Waals surface area contributed by atoms with Crippen molar-refractivity contribution in [3.63, 3.8) is 0 Å². The molecule has 0 fully saturated rings. The first-order chi connectivity index (χ1) is 10.1. The Balaban J connectivity index is 2.40. The van der Waals surface area contributed by atoms with E-state index in [1.54, 1.807) is 12.1 Å². The highest BCUT2D eigenvalue weighted by atomic mass is 16.5. The topological polar surface area (TPSA) is 66.8 Å². The van der Waals surface area contributed by atoms with E-state index in [0.29, 0.717) is 5.56 Å². The number of nitrogens with zero attached hydrogens (tertiary/aromatic N) is 1. The molecule has 0 radical (unpaired) electrons. The van der Waals surface area contributed by atoms with Crippen LogP contribution in [0.25, 0.3) is 10.8 Å². The highest BCUT2D eigenvalue weighted by Gasteiger charge is 2.28. The number of benzene rings is 2. The van der Waals surface area contributed by atoms with E-state index in [1.165, 1.54) is 19.1 Å². The Hall–Kier alpha value is -2.40. The summed E-state index contributed by atoms with van der Waals surface area (Å²) in [6.45, 7) is -0.486. The quantitative estimate of drug-likeness (QED) is 0.864. The fourth-order valence-electron chi connectivity index (χ4n) is 2.23. The summed E-state index contributed by atoms with van der Waals surface area (Å²) < 4.78 is 4.61. The molecule has 0 aliphatic carbocycles. The van der Waals surface area contributed by atoms with E-state index < -0.39 is 18.6 Å². The second-order valence-corrected chi connectivity index (χ2v) is 4.66. The first-order valence-electron chi connectivity index (χ1n) is 6.53. The fourth-order valence-corrected chi connectivity index (χ4v) is 2.23. The maximum Gasteiger partial charge on any atom is 0.330 e. The SMILES string of the molecule is COC(=O)C(CO)N(C)C(=O)c1cccc2ccccc12. The van der Waals surface area contributed by atoms with Crippen molar-refractivity contribution in [3.05, 3.63) is 48.0 Å². The third kappa shape index (κ3) is 2.87. The number of ether oxygens (including phenoxy) is 1. The molecule has 1 N–H and O–H groups in total. The number of carbonyl (C=O) groups is 2. The molecule has 0 saturated heterocycles. The lowest BCUT2D eigenvalue weighted by molar-refractivity contribution is -0.146. The van der Waals surface area contributed by atoms with Crippen LogP contribution in [0.15, 0.2) is 42.5 Å². The lowest BCUT2D eigenvalue weighted by Gasteiger charge is -2.25. The molecule has 0 saturated carbocycles. The van der Waals surface area contributed by atoms with Gasteiger partial charge < -0.3 is 14.7 Å². The summed E-state index contributed by atoms with van der Waals surface area (Å²) >= 11 is 0. The number of methoxy groups -OCH3 is 1. The average molecular weight is 287 g/mol. The average Bonchev–Trinajstić information content (AvgIpc) is 2.53. The van der Waals surface area contributed by atoms with Crippen LogP contribution in [0.3, 0.4) is 0 Å². The molecule has 21 heavy (non-hydrogen) atoms. The number of hydrogen-bond donors (Lipinski definition) is 1. The van der Waals surface area contributed by atoms with Crippen molar-refractivity contribution in [2.24, 2.45) is 0 Å². The van der Waals surface area contributed by atoms with E-state index in [9.17, 15) is 14.7 Å². The van der Waals surface area contributed by atoms with Gasteiger partial charge in [-0.1, -0.05) is 36.4 Å². The minimum Gasteiger partial charge on any atom is -0.467 e. The second kappa shape index (κ2) is 6.37. The zero-order valence-electron chi connectivity index (χ0n) is 11.9. The highest BCUT2D eigenvalue weighted by molar-refractivity contribution is 6.07. The molecule has 0 heterocycles. The summed E-state index contributed by atoms with van der Waals surface area (Å²) in [7, 11) is 2.70. The number of hydrogen-bond acceptors (Lipinski definition) is 4. The summed E-state index contributed by atoms with van der Waals surface area (Å²) in [4.78, 5) is 25.4. The third-order valence-corrected chi connectivity index (χ3v) is 3.45. The van der Waals surface area contributed by atoms with Gasteiger partial charge in [-0.15, -0.1) is 0 Å². The first-order valence-corrected chi connectivity index (χ1v) is 6.53. The monoisotopic (exact) mass is 287 g/mol. The Morgan fingerprint density at radius 3 is 2.52 bits per heavy atom. The summed E-state index contributed by atoms with van der Waals surface area (Å²) in [6, 6.07) is 11.9. The van der Waals surface area contributed by atoms with Crippen LogP contribution in [0.1, 0.15) is 10.4 Å². The van der Waals surface area contributed by atoms with Gasteiger partial charge in [0, 0.05) is 12.6 Å².